The van der Waals surface area contributed by atoms with Crippen molar-refractivity contribution < 1.29 is 17.9 Å². The van der Waals surface area contributed by atoms with Crippen LogP contribution in [0.25, 0.3) is 0 Å². The van der Waals surface area contributed by atoms with E-state index in [9.17, 15) is 13.2 Å². The van der Waals surface area contributed by atoms with Gasteiger partial charge in [0, 0.05) is 19.3 Å². The minimum atomic E-state index is -3.20. The molecule has 1 amide bonds. The molecule has 1 aliphatic heterocycles. The lowest BCUT2D eigenvalue weighted by Gasteiger charge is -2.24. The number of amides is 1. The Balaban J connectivity index is 1.99. The molecule has 116 valence electrons. The summed E-state index contributed by atoms with van der Waals surface area (Å²) in [6, 6.07) is 6.30. The highest BCUT2D eigenvalue weighted by Crippen LogP contribution is 2.16. The summed E-state index contributed by atoms with van der Waals surface area (Å²) >= 11 is 0. The molecule has 1 aliphatic rings. The third-order valence-electron chi connectivity index (χ3n) is 3.39. The first-order valence-corrected chi connectivity index (χ1v) is 8.70. The maximum Gasteiger partial charge on any atom is 0.250 e. The minimum absolute atomic E-state index is 0.165. The van der Waals surface area contributed by atoms with Gasteiger partial charge in [-0.3, -0.25) is 4.79 Å². The van der Waals surface area contributed by atoms with E-state index in [1.165, 1.54) is 6.26 Å². The number of ether oxygens (including phenoxy) is 1. The Morgan fingerprint density at radius 3 is 2.57 bits per heavy atom. The van der Waals surface area contributed by atoms with Crippen LogP contribution in [0.2, 0.25) is 0 Å². The second-order valence-electron chi connectivity index (χ2n) is 5.14. The Bertz CT molecular complexity index is 592. The highest BCUT2D eigenvalue weighted by molar-refractivity contribution is 7.90. The third-order valence-corrected chi connectivity index (χ3v) is 4.52. The fraction of sp³-hybridized carbons (Fsp3) is 0.500. The molecular formula is C14H20N2O4S. The fourth-order valence-corrected chi connectivity index (χ4v) is 2.76. The second-order valence-corrected chi connectivity index (χ2v) is 7.15. The average Bonchev–Trinajstić information content (AvgIpc) is 2.47. The van der Waals surface area contributed by atoms with E-state index in [1.54, 1.807) is 24.3 Å². The Hall–Kier alpha value is -1.44. The zero-order valence-electron chi connectivity index (χ0n) is 12.1. The predicted octanol–water partition coefficient (Wildman–Crippen LogP) is 0.256. The first kappa shape index (κ1) is 15.9. The van der Waals surface area contributed by atoms with Gasteiger partial charge < -0.3 is 15.4 Å². The van der Waals surface area contributed by atoms with Gasteiger partial charge in [-0.25, -0.2) is 8.42 Å². The van der Waals surface area contributed by atoms with E-state index < -0.39 is 15.9 Å². The van der Waals surface area contributed by atoms with Gasteiger partial charge in [0.05, 0.1) is 17.5 Å². The third kappa shape index (κ3) is 4.26. The highest BCUT2D eigenvalue weighted by Gasteiger charge is 2.23. The Morgan fingerprint density at radius 2 is 2.05 bits per heavy atom. The number of rotatable bonds is 4. The van der Waals surface area contributed by atoms with E-state index in [0.29, 0.717) is 13.2 Å². The SMILES string of the molecule is CC(NC(=O)C1CNCCO1)c1ccc(S(C)(=O)=O)cc1. The van der Waals surface area contributed by atoms with Gasteiger partial charge in [0.15, 0.2) is 9.84 Å². The summed E-state index contributed by atoms with van der Waals surface area (Å²) in [5.41, 5.74) is 0.847. The van der Waals surface area contributed by atoms with Crippen molar-refractivity contribution >= 4 is 15.7 Å². The van der Waals surface area contributed by atoms with E-state index in [2.05, 4.69) is 10.6 Å². The molecule has 1 heterocycles. The Labute approximate surface area is 124 Å². The summed E-state index contributed by atoms with van der Waals surface area (Å²) in [5, 5.41) is 5.97. The number of benzene rings is 1. The highest BCUT2D eigenvalue weighted by atomic mass is 32.2. The quantitative estimate of drug-likeness (QED) is 0.833. The van der Waals surface area contributed by atoms with Crippen LogP contribution in [0.3, 0.4) is 0 Å². The van der Waals surface area contributed by atoms with Crippen molar-refractivity contribution in [1.82, 2.24) is 10.6 Å². The van der Waals surface area contributed by atoms with Crippen molar-refractivity contribution in [3.63, 3.8) is 0 Å². The van der Waals surface area contributed by atoms with Crippen molar-refractivity contribution in [2.24, 2.45) is 0 Å². The Morgan fingerprint density at radius 1 is 1.38 bits per heavy atom. The van der Waals surface area contributed by atoms with E-state index in [1.807, 2.05) is 6.92 Å². The van der Waals surface area contributed by atoms with Gasteiger partial charge in [-0.15, -0.1) is 0 Å². The molecule has 0 saturated carbocycles. The summed E-state index contributed by atoms with van der Waals surface area (Å²) in [5.74, 6) is -0.165. The van der Waals surface area contributed by atoms with Crippen LogP contribution in [-0.4, -0.2) is 46.4 Å². The molecule has 1 aromatic rings. The van der Waals surface area contributed by atoms with Gasteiger partial charge in [0.25, 0.3) is 5.91 Å². The van der Waals surface area contributed by atoms with E-state index >= 15 is 0 Å². The van der Waals surface area contributed by atoms with E-state index in [0.717, 1.165) is 12.1 Å². The molecule has 2 unspecified atom stereocenters. The lowest BCUT2D eigenvalue weighted by atomic mass is 10.1. The molecule has 0 aliphatic carbocycles. The molecular weight excluding hydrogens is 292 g/mol. The molecule has 6 nitrogen and oxygen atoms in total. The molecule has 1 aromatic carbocycles. The fourth-order valence-electron chi connectivity index (χ4n) is 2.13. The Kier molecular flexibility index (Phi) is 4.97. The van der Waals surface area contributed by atoms with Crippen LogP contribution in [0.4, 0.5) is 0 Å². The maximum atomic E-state index is 12.0. The number of sulfone groups is 1. The summed E-state index contributed by atoms with van der Waals surface area (Å²) in [6.07, 6.45) is 0.692. The summed E-state index contributed by atoms with van der Waals surface area (Å²) < 4.78 is 28.2. The molecule has 7 heteroatoms. The summed E-state index contributed by atoms with van der Waals surface area (Å²) in [4.78, 5) is 12.3. The van der Waals surface area contributed by atoms with Crippen molar-refractivity contribution in [1.29, 1.82) is 0 Å². The summed E-state index contributed by atoms with van der Waals surface area (Å²) in [7, 11) is -3.20. The van der Waals surface area contributed by atoms with Crippen molar-refractivity contribution in [3.8, 4) is 0 Å². The predicted molar refractivity (Wildman–Crippen MR) is 78.7 cm³/mol. The van der Waals surface area contributed by atoms with Crippen molar-refractivity contribution in [2.75, 3.05) is 26.0 Å². The number of nitrogens with one attached hydrogen (secondary N) is 2. The molecule has 2 rings (SSSR count). The lowest BCUT2D eigenvalue weighted by molar-refractivity contribution is -0.134. The lowest BCUT2D eigenvalue weighted by Crippen LogP contribution is -2.48. The van der Waals surface area contributed by atoms with Gasteiger partial charge in [-0.05, 0) is 24.6 Å². The number of hydrogen-bond acceptors (Lipinski definition) is 5. The monoisotopic (exact) mass is 312 g/mol. The topological polar surface area (TPSA) is 84.5 Å². The van der Waals surface area contributed by atoms with Gasteiger partial charge in [-0.2, -0.15) is 0 Å². The van der Waals surface area contributed by atoms with Crippen LogP contribution in [0.1, 0.15) is 18.5 Å². The first-order chi connectivity index (χ1) is 9.88. The molecule has 1 saturated heterocycles. The van der Waals surface area contributed by atoms with Gasteiger partial charge in [0.1, 0.15) is 6.10 Å². The molecule has 0 bridgehead atoms. The molecule has 21 heavy (non-hydrogen) atoms. The zero-order chi connectivity index (χ0) is 15.5. The zero-order valence-corrected chi connectivity index (χ0v) is 12.9. The van der Waals surface area contributed by atoms with Crippen LogP contribution >= 0.6 is 0 Å². The largest absolute Gasteiger partial charge is 0.366 e. The summed E-state index contributed by atoms with van der Waals surface area (Å²) in [6.45, 7) is 3.64. The molecule has 0 spiro atoms. The standard InChI is InChI=1S/C14H20N2O4S/c1-10(16-14(17)13-9-15-7-8-20-13)11-3-5-12(6-4-11)21(2,18)19/h3-6,10,13,15H,7-9H2,1-2H3,(H,16,17). The number of carbonyl (C=O) groups is 1. The number of carbonyl (C=O) groups excluding carboxylic acids is 1. The second kappa shape index (κ2) is 6.55. The van der Waals surface area contributed by atoms with Crippen LogP contribution in [0, 0.1) is 0 Å². The average molecular weight is 312 g/mol. The molecule has 2 atom stereocenters. The molecule has 1 fully saturated rings. The smallest absolute Gasteiger partial charge is 0.250 e. The number of morpholine rings is 1. The molecule has 0 radical (unpaired) electrons. The van der Waals surface area contributed by atoms with Gasteiger partial charge >= 0.3 is 0 Å². The first-order valence-electron chi connectivity index (χ1n) is 6.80. The van der Waals surface area contributed by atoms with Crippen LogP contribution in [-0.2, 0) is 19.4 Å². The number of hydrogen-bond donors (Lipinski definition) is 2. The minimum Gasteiger partial charge on any atom is -0.366 e. The van der Waals surface area contributed by atoms with E-state index in [4.69, 9.17) is 4.74 Å². The molecule has 2 N–H and O–H groups in total. The normalized spacial score (nSPS) is 20.8. The van der Waals surface area contributed by atoms with Crippen molar-refractivity contribution in [3.05, 3.63) is 29.8 Å². The van der Waals surface area contributed by atoms with Crippen LogP contribution in [0.5, 0.6) is 0 Å². The maximum absolute atomic E-state index is 12.0. The van der Waals surface area contributed by atoms with Crippen LogP contribution < -0.4 is 10.6 Å². The van der Waals surface area contributed by atoms with Crippen LogP contribution in [0.15, 0.2) is 29.2 Å². The van der Waals surface area contributed by atoms with Gasteiger partial charge in [-0.1, -0.05) is 12.1 Å². The van der Waals surface area contributed by atoms with E-state index in [-0.39, 0.29) is 16.8 Å². The molecule has 0 aromatic heterocycles. The van der Waals surface area contributed by atoms with Crippen molar-refractivity contribution in [2.45, 2.75) is 24.0 Å². The van der Waals surface area contributed by atoms with Gasteiger partial charge in [0.2, 0.25) is 0 Å².